The maximum absolute atomic E-state index is 11.1. The predicted octanol–water partition coefficient (Wildman–Crippen LogP) is -0.305. The van der Waals surface area contributed by atoms with E-state index in [1.54, 1.807) is 6.07 Å². The SMILES string of the molecule is CC(=O)On1ccc(C#N)cc1=O. The first-order valence-corrected chi connectivity index (χ1v) is 3.45. The van der Waals surface area contributed by atoms with E-state index in [9.17, 15) is 9.59 Å². The Morgan fingerprint density at radius 1 is 1.69 bits per heavy atom. The largest absolute Gasteiger partial charge is 0.334 e. The average Bonchev–Trinajstić information content (AvgIpc) is 2.08. The molecular weight excluding hydrogens is 172 g/mol. The summed E-state index contributed by atoms with van der Waals surface area (Å²) in [5, 5.41) is 8.43. The molecule has 0 atom stereocenters. The highest BCUT2D eigenvalue weighted by Crippen LogP contribution is 1.89. The highest BCUT2D eigenvalue weighted by Gasteiger charge is 2.00. The van der Waals surface area contributed by atoms with Gasteiger partial charge in [0.15, 0.2) is 0 Å². The summed E-state index contributed by atoms with van der Waals surface area (Å²) in [4.78, 5) is 26.0. The Balaban J connectivity index is 3.08. The van der Waals surface area contributed by atoms with Gasteiger partial charge in [-0.15, -0.1) is 4.73 Å². The number of carbonyl (C=O) groups excluding carboxylic acids is 1. The summed E-state index contributed by atoms with van der Waals surface area (Å²) in [6, 6.07) is 4.26. The molecule has 0 N–H and O–H groups in total. The third-order valence-corrected chi connectivity index (χ3v) is 1.24. The molecule has 1 rings (SSSR count). The van der Waals surface area contributed by atoms with Gasteiger partial charge in [-0.05, 0) is 6.07 Å². The molecule has 13 heavy (non-hydrogen) atoms. The minimum absolute atomic E-state index is 0.230. The Kier molecular flexibility index (Phi) is 2.45. The lowest BCUT2D eigenvalue weighted by atomic mass is 10.3. The van der Waals surface area contributed by atoms with Crippen LogP contribution in [0, 0.1) is 11.3 Å². The molecular formula is C8H6N2O3. The van der Waals surface area contributed by atoms with Crippen molar-refractivity contribution in [3.63, 3.8) is 0 Å². The van der Waals surface area contributed by atoms with Gasteiger partial charge in [0.25, 0.3) is 5.56 Å². The molecule has 5 nitrogen and oxygen atoms in total. The van der Waals surface area contributed by atoms with Gasteiger partial charge < -0.3 is 4.84 Å². The Morgan fingerprint density at radius 3 is 2.85 bits per heavy atom. The van der Waals surface area contributed by atoms with Crippen LogP contribution >= 0.6 is 0 Å². The lowest BCUT2D eigenvalue weighted by molar-refractivity contribution is -0.141. The zero-order chi connectivity index (χ0) is 9.84. The van der Waals surface area contributed by atoms with E-state index >= 15 is 0 Å². The Labute approximate surface area is 73.7 Å². The van der Waals surface area contributed by atoms with Crippen molar-refractivity contribution in [2.45, 2.75) is 6.92 Å². The molecule has 0 amide bonds. The summed E-state index contributed by atoms with van der Waals surface area (Å²) in [5.74, 6) is -0.591. The maximum atomic E-state index is 11.1. The van der Waals surface area contributed by atoms with E-state index in [1.807, 2.05) is 0 Å². The number of carbonyl (C=O) groups is 1. The van der Waals surface area contributed by atoms with Gasteiger partial charge in [0.1, 0.15) is 0 Å². The molecule has 0 saturated heterocycles. The molecule has 5 heteroatoms. The average molecular weight is 178 g/mol. The second-order valence-electron chi connectivity index (χ2n) is 2.27. The standard InChI is InChI=1S/C8H6N2O3/c1-6(11)13-10-3-2-7(5-9)4-8(10)12/h2-4H,1H3. The van der Waals surface area contributed by atoms with Crippen molar-refractivity contribution in [3.05, 3.63) is 34.2 Å². The van der Waals surface area contributed by atoms with Crippen LogP contribution in [0.5, 0.6) is 0 Å². The van der Waals surface area contributed by atoms with Crippen LogP contribution in [0.25, 0.3) is 0 Å². The third kappa shape index (κ3) is 2.17. The second kappa shape index (κ2) is 3.54. The summed E-state index contributed by atoms with van der Waals surface area (Å²) in [6.07, 6.45) is 1.22. The molecule has 0 aromatic carbocycles. The van der Waals surface area contributed by atoms with Crippen molar-refractivity contribution in [1.29, 1.82) is 5.26 Å². The van der Waals surface area contributed by atoms with Gasteiger partial charge >= 0.3 is 5.97 Å². The zero-order valence-corrected chi connectivity index (χ0v) is 6.85. The van der Waals surface area contributed by atoms with E-state index in [0.29, 0.717) is 0 Å². The van der Waals surface area contributed by atoms with Crippen LogP contribution in [0.4, 0.5) is 0 Å². The number of hydrogen-bond donors (Lipinski definition) is 0. The van der Waals surface area contributed by atoms with Crippen LogP contribution in [0.3, 0.4) is 0 Å². The number of hydrogen-bond acceptors (Lipinski definition) is 4. The third-order valence-electron chi connectivity index (χ3n) is 1.24. The Bertz CT molecular complexity index is 428. The lowest BCUT2D eigenvalue weighted by Gasteiger charge is -2.01. The Morgan fingerprint density at radius 2 is 2.38 bits per heavy atom. The van der Waals surface area contributed by atoms with E-state index in [0.717, 1.165) is 10.8 Å². The first-order chi connectivity index (χ1) is 6.13. The van der Waals surface area contributed by atoms with Crippen molar-refractivity contribution in [2.75, 3.05) is 0 Å². The van der Waals surface area contributed by atoms with Gasteiger partial charge in [0, 0.05) is 19.2 Å². The molecule has 0 aliphatic heterocycles. The van der Waals surface area contributed by atoms with Crippen LogP contribution < -0.4 is 10.4 Å². The molecule has 0 radical (unpaired) electrons. The van der Waals surface area contributed by atoms with Gasteiger partial charge in [-0.3, -0.25) is 4.79 Å². The van der Waals surface area contributed by atoms with Crippen molar-refractivity contribution < 1.29 is 9.63 Å². The number of nitriles is 1. The van der Waals surface area contributed by atoms with Gasteiger partial charge in [0.05, 0.1) is 11.6 Å². The molecule has 1 aromatic heterocycles. The molecule has 0 aliphatic rings. The van der Waals surface area contributed by atoms with E-state index in [1.165, 1.54) is 19.2 Å². The second-order valence-corrected chi connectivity index (χ2v) is 2.27. The fourth-order valence-electron chi connectivity index (χ4n) is 0.750. The van der Waals surface area contributed by atoms with Gasteiger partial charge in [-0.1, -0.05) is 0 Å². The van der Waals surface area contributed by atoms with E-state index < -0.39 is 11.5 Å². The number of nitrogens with zero attached hydrogens (tertiary/aromatic N) is 2. The summed E-state index contributed by atoms with van der Waals surface area (Å²) < 4.78 is 0.767. The number of pyridine rings is 1. The number of rotatable bonds is 1. The molecule has 66 valence electrons. The van der Waals surface area contributed by atoms with E-state index in [2.05, 4.69) is 4.84 Å². The van der Waals surface area contributed by atoms with Gasteiger partial charge in [-0.25, -0.2) is 4.79 Å². The minimum atomic E-state index is -0.591. The van der Waals surface area contributed by atoms with Crippen LogP contribution in [0.15, 0.2) is 23.1 Å². The van der Waals surface area contributed by atoms with Crippen molar-refractivity contribution in [1.82, 2.24) is 4.73 Å². The monoisotopic (exact) mass is 178 g/mol. The fraction of sp³-hybridized carbons (Fsp3) is 0.125. The Hall–Kier alpha value is -2.09. The van der Waals surface area contributed by atoms with Gasteiger partial charge in [0.2, 0.25) is 0 Å². The first kappa shape index (κ1) is 9.00. The molecule has 0 bridgehead atoms. The first-order valence-electron chi connectivity index (χ1n) is 3.45. The highest BCUT2D eigenvalue weighted by molar-refractivity contribution is 5.66. The molecule has 0 saturated carbocycles. The van der Waals surface area contributed by atoms with Crippen LogP contribution in [0.2, 0.25) is 0 Å². The van der Waals surface area contributed by atoms with Crippen LogP contribution in [-0.2, 0) is 4.79 Å². The van der Waals surface area contributed by atoms with Crippen molar-refractivity contribution >= 4 is 5.97 Å². The van der Waals surface area contributed by atoms with E-state index in [4.69, 9.17) is 5.26 Å². The molecule has 1 heterocycles. The highest BCUT2D eigenvalue weighted by atomic mass is 16.7. The predicted molar refractivity (Wildman–Crippen MR) is 42.7 cm³/mol. The normalized spacial score (nSPS) is 8.92. The molecule has 0 fully saturated rings. The maximum Gasteiger partial charge on any atom is 0.330 e. The fourth-order valence-corrected chi connectivity index (χ4v) is 0.750. The minimum Gasteiger partial charge on any atom is -0.334 e. The molecule has 0 spiro atoms. The summed E-state index contributed by atoms with van der Waals surface area (Å²) in [7, 11) is 0. The summed E-state index contributed by atoms with van der Waals surface area (Å²) in [5.41, 5.74) is -0.317. The summed E-state index contributed by atoms with van der Waals surface area (Å²) in [6.45, 7) is 1.19. The summed E-state index contributed by atoms with van der Waals surface area (Å²) >= 11 is 0. The van der Waals surface area contributed by atoms with Crippen LogP contribution in [0.1, 0.15) is 12.5 Å². The van der Waals surface area contributed by atoms with Crippen LogP contribution in [-0.4, -0.2) is 10.7 Å². The topological polar surface area (TPSA) is 72.1 Å². The molecule has 0 unspecified atom stereocenters. The zero-order valence-electron chi connectivity index (χ0n) is 6.85. The lowest BCUT2D eigenvalue weighted by Crippen LogP contribution is -2.28. The van der Waals surface area contributed by atoms with Crippen molar-refractivity contribution in [3.8, 4) is 6.07 Å². The quantitative estimate of drug-likeness (QED) is 0.591. The van der Waals surface area contributed by atoms with Gasteiger partial charge in [-0.2, -0.15) is 5.26 Å². The van der Waals surface area contributed by atoms with Crippen molar-refractivity contribution in [2.24, 2.45) is 0 Å². The van der Waals surface area contributed by atoms with E-state index in [-0.39, 0.29) is 5.56 Å². The smallest absolute Gasteiger partial charge is 0.330 e. The molecule has 0 aliphatic carbocycles. The number of aromatic nitrogens is 1. The molecule has 1 aromatic rings.